The third-order valence-electron chi connectivity index (χ3n) is 4.42. The Morgan fingerprint density at radius 3 is 1.08 bits per heavy atom. The molecule has 25 heteroatoms. The highest BCUT2D eigenvalue weighted by molar-refractivity contribution is 7.90. The van der Waals surface area contributed by atoms with Crippen molar-refractivity contribution in [3.05, 3.63) is 0 Å². The molecule has 0 aromatic carbocycles. The summed E-state index contributed by atoms with van der Waals surface area (Å²) in [5.41, 5.74) is 0. The molecule has 0 aliphatic heterocycles. The van der Waals surface area contributed by atoms with Crippen molar-refractivity contribution in [1.82, 2.24) is 4.31 Å². The highest BCUT2D eigenvalue weighted by Crippen LogP contribution is 2.65. The Hall–Kier alpha value is -1.95. The molecule has 5 nitrogen and oxygen atoms in total. The molecule has 0 fully saturated rings. The van der Waals surface area contributed by atoms with E-state index in [1.165, 1.54) is 0 Å². The quantitative estimate of drug-likeness (QED) is 0.295. The van der Waals surface area contributed by atoms with Crippen molar-refractivity contribution >= 4 is 16.0 Å². The van der Waals surface area contributed by atoms with Crippen LogP contribution in [-0.2, 0) is 14.8 Å². The van der Waals surface area contributed by atoms with Crippen LogP contribution in [0.25, 0.3) is 0 Å². The minimum Gasteiger partial charge on any atom is -0.480 e. The third-order valence-corrected chi connectivity index (χ3v) is 6.39. The highest BCUT2D eigenvalue weighted by atomic mass is 32.2. The average molecular weight is 635 g/mol. The number of sulfonamides is 1. The summed E-state index contributed by atoms with van der Waals surface area (Å²) < 4.78 is 273. The standard InChI is InChI=1S/C13H8F19NO4S/c1-2-33(3-4(34)35)38(36,37)13(31,32)11(26,27)9(22,23)7(18,19)5(14,15)6(16,17)8(20,21)10(24,25)12(28,29)30/h2-3H2,1H3,(H,34,35). The molecule has 0 saturated carbocycles. The van der Waals surface area contributed by atoms with Crippen molar-refractivity contribution in [3.63, 3.8) is 0 Å². The van der Waals surface area contributed by atoms with Crippen LogP contribution in [0.2, 0.25) is 0 Å². The van der Waals surface area contributed by atoms with Crippen molar-refractivity contribution in [1.29, 1.82) is 0 Å². The van der Waals surface area contributed by atoms with Crippen molar-refractivity contribution in [2.45, 2.75) is 59.8 Å². The molecule has 0 spiro atoms. The number of halogens is 19. The summed E-state index contributed by atoms with van der Waals surface area (Å²) in [6.07, 6.45) is -8.02. The predicted octanol–water partition coefficient (Wildman–Crippen LogP) is 5.32. The molecule has 228 valence electrons. The molecule has 0 aliphatic rings. The van der Waals surface area contributed by atoms with Gasteiger partial charge in [0.1, 0.15) is 6.54 Å². The van der Waals surface area contributed by atoms with Crippen molar-refractivity contribution < 1.29 is 102 Å². The van der Waals surface area contributed by atoms with Gasteiger partial charge in [-0.2, -0.15) is 87.7 Å². The van der Waals surface area contributed by atoms with E-state index in [9.17, 15) is 96.6 Å². The molecule has 0 aliphatic carbocycles. The first-order chi connectivity index (χ1) is 16.1. The second kappa shape index (κ2) is 9.31. The molecule has 0 amide bonds. The van der Waals surface area contributed by atoms with Crippen LogP contribution in [0.1, 0.15) is 6.92 Å². The van der Waals surface area contributed by atoms with Crippen LogP contribution < -0.4 is 0 Å². The number of rotatable bonds is 12. The van der Waals surface area contributed by atoms with Gasteiger partial charge in [0.05, 0.1) is 0 Å². The minimum atomic E-state index is -9.20. The fourth-order valence-electron chi connectivity index (χ4n) is 2.19. The highest BCUT2D eigenvalue weighted by Gasteiger charge is 2.97. The number of hydrogen-bond donors (Lipinski definition) is 1. The van der Waals surface area contributed by atoms with Gasteiger partial charge in [0.15, 0.2) is 0 Å². The summed E-state index contributed by atoms with van der Waals surface area (Å²) in [5, 5.41) is 0.443. The Kier molecular flexibility index (Phi) is 8.84. The number of aliphatic carboxylic acids is 1. The van der Waals surface area contributed by atoms with E-state index in [1.54, 1.807) is 0 Å². The van der Waals surface area contributed by atoms with Gasteiger partial charge in [0, 0.05) is 6.54 Å². The summed E-state index contributed by atoms with van der Waals surface area (Å²) in [6, 6.07) is 0. The van der Waals surface area contributed by atoms with Crippen molar-refractivity contribution in [3.8, 4) is 0 Å². The van der Waals surface area contributed by atoms with Gasteiger partial charge in [-0.3, -0.25) is 4.79 Å². The first-order valence-corrected chi connectivity index (χ1v) is 9.87. The molecule has 0 rings (SSSR count). The van der Waals surface area contributed by atoms with Crippen LogP contribution in [0.15, 0.2) is 0 Å². The smallest absolute Gasteiger partial charge is 0.460 e. The Balaban J connectivity index is 7.20. The van der Waals surface area contributed by atoms with Gasteiger partial charge in [-0.05, 0) is 0 Å². The molecule has 0 unspecified atom stereocenters. The number of hydrogen-bond acceptors (Lipinski definition) is 3. The monoisotopic (exact) mass is 635 g/mol. The maximum Gasteiger partial charge on any atom is 0.460 e. The van der Waals surface area contributed by atoms with Gasteiger partial charge in [0.25, 0.3) is 10.0 Å². The normalized spacial score (nSPS) is 16.2. The van der Waals surface area contributed by atoms with Gasteiger partial charge in [-0.1, -0.05) is 6.92 Å². The first kappa shape index (κ1) is 36.0. The van der Waals surface area contributed by atoms with Crippen LogP contribution in [0.4, 0.5) is 83.4 Å². The second-order valence-electron chi connectivity index (χ2n) is 6.86. The molecule has 0 saturated heterocycles. The fraction of sp³-hybridized carbons (Fsp3) is 0.923. The number of nitrogens with zero attached hydrogens (tertiary/aromatic N) is 1. The summed E-state index contributed by atoms with van der Waals surface area (Å²) in [4.78, 5) is 10.4. The molecule has 0 atom stereocenters. The lowest BCUT2D eigenvalue weighted by atomic mass is 9.89. The number of carboxylic acids is 1. The van der Waals surface area contributed by atoms with Gasteiger partial charge in [-0.25, -0.2) is 8.42 Å². The third kappa shape index (κ3) is 4.49. The first-order valence-electron chi connectivity index (χ1n) is 8.43. The van der Waals surface area contributed by atoms with E-state index in [0.717, 1.165) is 0 Å². The summed E-state index contributed by atoms with van der Waals surface area (Å²) in [6.45, 7) is -3.70. The number of carboxylic acid groups (broad SMARTS) is 1. The van der Waals surface area contributed by atoms with Crippen molar-refractivity contribution in [2.24, 2.45) is 0 Å². The predicted molar refractivity (Wildman–Crippen MR) is 79.4 cm³/mol. The molecular formula is C13H8F19NO4S. The molecule has 0 bridgehead atoms. The van der Waals surface area contributed by atoms with Crippen LogP contribution in [0, 0.1) is 0 Å². The largest absolute Gasteiger partial charge is 0.480 e. The Labute approximate surface area is 196 Å². The lowest BCUT2D eigenvalue weighted by Crippen LogP contribution is -2.76. The van der Waals surface area contributed by atoms with E-state index < -0.39 is 86.3 Å². The maximum absolute atomic E-state index is 13.9. The zero-order valence-electron chi connectivity index (χ0n) is 17.1. The molecule has 38 heavy (non-hydrogen) atoms. The van der Waals surface area contributed by atoms with Crippen LogP contribution in [-0.4, -0.2) is 89.8 Å². The molecule has 0 radical (unpaired) electrons. The van der Waals surface area contributed by atoms with E-state index in [4.69, 9.17) is 5.11 Å². The molecular weight excluding hydrogens is 627 g/mol. The Bertz CT molecular complexity index is 1000. The minimum absolute atomic E-state index is 0.319. The van der Waals surface area contributed by atoms with E-state index in [1.807, 2.05) is 0 Å². The van der Waals surface area contributed by atoms with Gasteiger partial charge in [-0.15, -0.1) is 0 Å². The van der Waals surface area contributed by atoms with Gasteiger partial charge >= 0.3 is 58.9 Å². The Morgan fingerprint density at radius 1 is 0.579 bits per heavy atom. The molecule has 1 N–H and O–H groups in total. The van der Waals surface area contributed by atoms with Crippen LogP contribution in [0.5, 0.6) is 0 Å². The fourth-order valence-corrected chi connectivity index (χ4v) is 3.59. The zero-order chi connectivity index (χ0) is 31.6. The van der Waals surface area contributed by atoms with E-state index in [0.29, 0.717) is 6.92 Å². The average Bonchev–Trinajstić information content (AvgIpc) is 2.69. The van der Waals surface area contributed by atoms with E-state index >= 15 is 0 Å². The summed E-state index contributed by atoms with van der Waals surface area (Å²) in [7, 11) is -7.69. The SMILES string of the molecule is CCN(CC(=O)O)S(=O)(=O)C(F)(F)C(F)(F)C(F)(F)C(F)(F)C(F)(F)C(F)(F)C(F)(F)C(F)(F)C(F)(F)F. The van der Waals surface area contributed by atoms with Crippen molar-refractivity contribution in [2.75, 3.05) is 13.1 Å². The number of alkyl halides is 19. The van der Waals surface area contributed by atoms with Crippen LogP contribution in [0.3, 0.4) is 0 Å². The topological polar surface area (TPSA) is 74.7 Å². The van der Waals surface area contributed by atoms with Gasteiger partial charge < -0.3 is 5.11 Å². The summed E-state index contributed by atoms with van der Waals surface area (Å²) >= 11 is 0. The molecule has 0 heterocycles. The van der Waals surface area contributed by atoms with Gasteiger partial charge in [0.2, 0.25) is 0 Å². The molecule has 0 aromatic rings. The maximum atomic E-state index is 13.9. The lowest BCUT2D eigenvalue weighted by molar-refractivity contribution is -0.466. The zero-order valence-corrected chi connectivity index (χ0v) is 17.9. The van der Waals surface area contributed by atoms with E-state index in [-0.39, 0.29) is 0 Å². The molecule has 0 aromatic heterocycles. The van der Waals surface area contributed by atoms with Crippen LogP contribution >= 0.6 is 0 Å². The Morgan fingerprint density at radius 2 is 0.842 bits per heavy atom. The van der Waals surface area contributed by atoms with E-state index in [2.05, 4.69) is 0 Å². The summed E-state index contributed by atoms with van der Waals surface area (Å²) in [5.74, 6) is -64.9. The number of carbonyl (C=O) groups is 1. The number of likely N-dealkylation sites (N-methyl/N-ethyl adjacent to an activating group) is 1. The second-order valence-corrected chi connectivity index (χ2v) is 8.84. The lowest BCUT2D eigenvalue weighted by Gasteiger charge is -2.43.